The van der Waals surface area contributed by atoms with Crippen molar-refractivity contribution in [2.45, 2.75) is 71.0 Å². The summed E-state index contributed by atoms with van der Waals surface area (Å²) in [5.74, 6) is 0.266. The summed E-state index contributed by atoms with van der Waals surface area (Å²) >= 11 is 9.49. The third-order valence-electron chi connectivity index (χ3n) is 9.13. The lowest BCUT2D eigenvalue weighted by Gasteiger charge is -2.42. The second-order valence-corrected chi connectivity index (χ2v) is 14.2. The van der Waals surface area contributed by atoms with Crippen molar-refractivity contribution in [3.63, 3.8) is 0 Å². The minimum atomic E-state index is -1.01. The van der Waals surface area contributed by atoms with Crippen molar-refractivity contribution in [3.05, 3.63) is 89.9 Å². The molecule has 1 saturated heterocycles. The second kappa shape index (κ2) is 12.9. The molecule has 1 aromatic carbocycles. The van der Waals surface area contributed by atoms with E-state index in [0.717, 1.165) is 52.9 Å². The molecule has 1 N–H and O–H groups in total. The van der Waals surface area contributed by atoms with E-state index in [1.54, 1.807) is 27.4 Å². The number of aromatic nitrogens is 4. The molecule has 4 aromatic heterocycles. The van der Waals surface area contributed by atoms with Crippen LogP contribution in [0, 0.1) is 13.8 Å². The van der Waals surface area contributed by atoms with Crippen LogP contribution in [0.2, 0.25) is 5.02 Å². The van der Waals surface area contributed by atoms with Crippen molar-refractivity contribution >= 4 is 50.5 Å². The predicted molar refractivity (Wildman–Crippen MR) is 182 cm³/mol. The van der Waals surface area contributed by atoms with Crippen LogP contribution < -0.4 is 10.3 Å². The molecule has 0 radical (unpaired) electrons. The molecule has 1 aliphatic heterocycles. The predicted octanol–water partition coefficient (Wildman–Crippen LogP) is 7.11. The highest BCUT2D eigenvalue weighted by atomic mass is 35.5. The maximum atomic E-state index is 14.0. The van der Waals surface area contributed by atoms with Gasteiger partial charge in [-0.15, -0.1) is 22.7 Å². The lowest BCUT2D eigenvalue weighted by atomic mass is 9.88. The molecule has 0 bridgehead atoms. The van der Waals surface area contributed by atoms with E-state index in [1.807, 2.05) is 38.2 Å². The summed E-state index contributed by atoms with van der Waals surface area (Å²) in [6.07, 6.45) is 7.86. The van der Waals surface area contributed by atoms with Crippen LogP contribution in [0.25, 0.3) is 21.3 Å². The molecule has 5 heterocycles. The van der Waals surface area contributed by atoms with Gasteiger partial charge in [0.25, 0.3) is 5.56 Å². The van der Waals surface area contributed by atoms with E-state index in [0.29, 0.717) is 52.9 Å². The van der Waals surface area contributed by atoms with Gasteiger partial charge in [-0.2, -0.15) is 0 Å². The molecule has 0 saturated carbocycles. The number of nitrogens with zero attached hydrogens (tertiary/aromatic N) is 5. The van der Waals surface area contributed by atoms with E-state index in [4.69, 9.17) is 21.3 Å². The molecule has 238 valence electrons. The standard InChI is InChI=1S/C34H34ClN5O4S2/c1-19-15-24(31-30(37-19)26(18-46-31)34(42)43)23-16-21(35)6-9-29(23)44-13-12-39-20(2)38-27-8-7-22(17-25(27)33(39)41)40-11-4-3-5-28(40)32-36-10-14-45-32/h6,9-10,14-16,18,22,28H,3-5,7-8,11-13,17H2,1-2H3,(H,42,43)/t22-,28-/m0/s1. The summed E-state index contributed by atoms with van der Waals surface area (Å²) in [4.78, 5) is 42.4. The number of rotatable bonds is 8. The number of carboxylic acids is 1. The number of carbonyl (C=O) groups is 1. The molecular formula is C34H34ClN5O4S2. The SMILES string of the molecule is Cc1cc(-c2cc(Cl)ccc2OCCn2c(C)nc3c(c2=O)C[C@@H](N2CCCC[C@H]2c2nccs2)CC3)c2scc(C(=O)O)c2n1. The topological polar surface area (TPSA) is 110 Å². The van der Waals surface area contributed by atoms with Gasteiger partial charge in [0.15, 0.2) is 0 Å². The Balaban J connectivity index is 1.13. The first-order valence-corrected chi connectivity index (χ1v) is 17.7. The van der Waals surface area contributed by atoms with E-state index in [-0.39, 0.29) is 17.7 Å². The van der Waals surface area contributed by atoms with Crippen LogP contribution in [-0.4, -0.2) is 54.7 Å². The number of piperidine rings is 1. The fourth-order valence-electron chi connectivity index (χ4n) is 6.99. The Morgan fingerprint density at radius 3 is 2.80 bits per heavy atom. The van der Waals surface area contributed by atoms with Gasteiger partial charge in [0.1, 0.15) is 23.2 Å². The molecule has 0 amide bonds. The molecular weight excluding hydrogens is 642 g/mol. The van der Waals surface area contributed by atoms with Gasteiger partial charge in [-0.05, 0) is 76.8 Å². The summed E-state index contributed by atoms with van der Waals surface area (Å²) in [6.45, 7) is 5.34. The number of pyridine rings is 1. The van der Waals surface area contributed by atoms with Crippen LogP contribution >= 0.6 is 34.3 Å². The molecule has 5 aromatic rings. The number of halogens is 1. The third kappa shape index (κ3) is 5.85. The van der Waals surface area contributed by atoms with Crippen LogP contribution in [0.3, 0.4) is 0 Å². The summed E-state index contributed by atoms with van der Waals surface area (Å²) < 4.78 is 8.81. The van der Waals surface area contributed by atoms with Gasteiger partial charge in [-0.1, -0.05) is 18.0 Å². The molecule has 1 aliphatic carbocycles. The highest BCUT2D eigenvalue weighted by molar-refractivity contribution is 7.18. The normalized spacial score (nSPS) is 18.5. The second-order valence-electron chi connectivity index (χ2n) is 12.0. The molecule has 2 aliphatic rings. The number of thiazole rings is 1. The van der Waals surface area contributed by atoms with E-state index in [9.17, 15) is 14.7 Å². The molecule has 46 heavy (non-hydrogen) atoms. The largest absolute Gasteiger partial charge is 0.491 e. The Kier molecular flexibility index (Phi) is 8.67. The van der Waals surface area contributed by atoms with Crippen LogP contribution in [0.15, 0.2) is 46.0 Å². The van der Waals surface area contributed by atoms with Crippen LogP contribution in [0.4, 0.5) is 0 Å². The fraction of sp³-hybridized carbons (Fsp3) is 0.382. The lowest BCUT2D eigenvalue weighted by molar-refractivity contribution is 0.0699. The van der Waals surface area contributed by atoms with Crippen LogP contribution in [-0.2, 0) is 19.4 Å². The highest BCUT2D eigenvalue weighted by Gasteiger charge is 2.35. The van der Waals surface area contributed by atoms with Gasteiger partial charge in [-0.25, -0.2) is 14.8 Å². The molecule has 1 fully saturated rings. The lowest BCUT2D eigenvalue weighted by Crippen LogP contribution is -2.46. The van der Waals surface area contributed by atoms with E-state index < -0.39 is 5.97 Å². The molecule has 12 heteroatoms. The molecule has 9 nitrogen and oxygen atoms in total. The number of likely N-dealkylation sites (tertiary alicyclic amines) is 1. The van der Waals surface area contributed by atoms with E-state index in [1.165, 1.54) is 29.2 Å². The number of aromatic carboxylic acids is 1. The van der Waals surface area contributed by atoms with Crippen molar-refractivity contribution in [3.8, 4) is 16.9 Å². The average Bonchev–Trinajstić information content (AvgIpc) is 3.74. The van der Waals surface area contributed by atoms with Crippen molar-refractivity contribution < 1.29 is 14.6 Å². The first kappa shape index (κ1) is 31.0. The summed E-state index contributed by atoms with van der Waals surface area (Å²) in [6, 6.07) is 7.93. The number of thiophene rings is 1. The number of aryl methyl sites for hydroxylation is 3. The average molecular weight is 676 g/mol. The first-order chi connectivity index (χ1) is 22.3. The fourth-order valence-corrected chi connectivity index (χ4v) is 8.96. The number of hydrogen-bond donors (Lipinski definition) is 1. The molecule has 0 spiro atoms. The van der Waals surface area contributed by atoms with Gasteiger partial charge in [0.2, 0.25) is 0 Å². The minimum absolute atomic E-state index is 0.0150. The quantitative estimate of drug-likeness (QED) is 0.185. The van der Waals surface area contributed by atoms with Crippen LogP contribution in [0.1, 0.15) is 69.9 Å². The smallest absolute Gasteiger partial charge is 0.338 e. The van der Waals surface area contributed by atoms with E-state index >= 15 is 0 Å². The zero-order valence-electron chi connectivity index (χ0n) is 25.7. The zero-order valence-corrected chi connectivity index (χ0v) is 28.1. The molecule has 2 atom stereocenters. The van der Waals surface area contributed by atoms with Crippen molar-refractivity contribution in [2.24, 2.45) is 0 Å². The monoisotopic (exact) mass is 675 g/mol. The molecule has 7 rings (SSSR count). The molecule has 0 unspecified atom stereocenters. The number of ether oxygens (including phenoxy) is 1. The summed E-state index contributed by atoms with van der Waals surface area (Å²) in [5, 5.41) is 15.1. The third-order valence-corrected chi connectivity index (χ3v) is 11.2. The number of fused-ring (bicyclic) bond motifs is 2. The minimum Gasteiger partial charge on any atom is -0.491 e. The Hall–Kier alpha value is -3.64. The Labute approximate surface area is 279 Å². The summed E-state index contributed by atoms with van der Waals surface area (Å²) in [7, 11) is 0. The van der Waals surface area contributed by atoms with Gasteiger partial charge in [0, 0.05) is 50.4 Å². The van der Waals surface area contributed by atoms with Gasteiger partial charge in [-0.3, -0.25) is 19.2 Å². The van der Waals surface area contributed by atoms with Crippen molar-refractivity contribution in [2.75, 3.05) is 13.2 Å². The Morgan fingerprint density at radius 1 is 1.13 bits per heavy atom. The first-order valence-electron chi connectivity index (χ1n) is 15.6. The van der Waals surface area contributed by atoms with Gasteiger partial charge < -0.3 is 9.84 Å². The van der Waals surface area contributed by atoms with Crippen molar-refractivity contribution in [1.82, 2.24) is 24.4 Å². The Morgan fingerprint density at radius 2 is 2.00 bits per heavy atom. The highest BCUT2D eigenvalue weighted by Crippen LogP contribution is 2.41. The van der Waals surface area contributed by atoms with Gasteiger partial charge >= 0.3 is 5.97 Å². The maximum Gasteiger partial charge on any atom is 0.338 e. The number of carboxylic acid groups (broad SMARTS) is 1. The summed E-state index contributed by atoms with van der Waals surface area (Å²) in [5.41, 5.74) is 4.62. The maximum absolute atomic E-state index is 14.0. The zero-order chi connectivity index (χ0) is 31.9. The van der Waals surface area contributed by atoms with Crippen LogP contribution in [0.5, 0.6) is 5.75 Å². The van der Waals surface area contributed by atoms with Gasteiger partial charge in [0.05, 0.1) is 34.1 Å². The van der Waals surface area contributed by atoms with E-state index in [2.05, 4.69) is 20.2 Å². The van der Waals surface area contributed by atoms with Crippen molar-refractivity contribution in [1.29, 1.82) is 0 Å². The number of benzene rings is 1. The number of hydrogen-bond acceptors (Lipinski definition) is 9. The Bertz CT molecular complexity index is 1990.